The van der Waals surface area contributed by atoms with Crippen LogP contribution in [0.1, 0.15) is 33.1 Å². The Labute approximate surface area is 118 Å². The molecule has 2 rings (SSSR count). The summed E-state index contributed by atoms with van der Waals surface area (Å²) < 4.78 is 0. The highest BCUT2D eigenvalue weighted by Gasteiger charge is 2.54. The number of hydrogen-bond donors (Lipinski definition) is 2. The van der Waals surface area contributed by atoms with Crippen molar-refractivity contribution in [1.29, 1.82) is 0 Å². The summed E-state index contributed by atoms with van der Waals surface area (Å²) in [6, 6.07) is 0. The minimum absolute atomic E-state index is 0.0249. The second-order valence-corrected chi connectivity index (χ2v) is 6.80. The Hall–Kier alpha value is -1.17. The lowest BCUT2D eigenvalue weighted by Gasteiger charge is -2.46. The fourth-order valence-corrected chi connectivity index (χ4v) is 3.50. The number of nitrogens with two attached hydrogens (primary N) is 2. The lowest BCUT2D eigenvalue weighted by Crippen LogP contribution is -2.57. The van der Waals surface area contributed by atoms with Gasteiger partial charge in [-0.3, -0.25) is 9.59 Å². The molecule has 5 nitrogen and oxygen atoms in total. The third-order valence-electron chi connectivity index (χ3n) is 4.63. The predicted molar refractivity (Wildman–Crippen MR) is 76.1 cm³/mol. The van der Waals surface area contributed by atoms with Crippen molar-refractivity contribution in [3.8, 4) is 0 Å². The van der Waals surface area contributed by atoms with Crippen LogP contribution in [0.5, 0.6) is 0 Å². The van der Waals surface area contributed by atoms with Crippen molar-refractivity contribution in [2.75, 3.05) is 13.1 Å². The summed E-state index contributed by atoms with van der Waals surface area (Å²) >= 11 is 5.09. The van der Waals surface area contributed by atoms with Crippen LogP contribution >= 0.6 is 12.2 Å². The van der Waals surface area contributed by atoms with Gasteiger partial charge in [-0.1, -0.05) is 19.1 Å². The number of carbonyl (C=O) groups is 2. The maximum Gasteiger partial charge on any atom is 0.235 e. The molecule has 1 unspecified atom stereocenters. The number of likely N-dealkylation sites (tertiary alicyclic amines) is 1. The largest absolute Gasteiger partial charge is 0.392 e. The minimum atomic E-state index is -0.683. The fourth-order valence-electron chi connectivity index (χ4n) is 3.25. The lowest BCUT2D eigenvalue weighted by molar-refractivity contribution is -0.143. The maximum absolute atomic E-state index is 12.7. The Bertz CT molecular complexity index is 445. The first-order valence-corrected chi connectivity index (χ1v) is 7.01. The van der Waals surface area contributed by atoms with Gasteiger partial charge in [0.15, 0.2) is 0 Å². The van der Waals surface area contributed by atoms with Crippen LogP contribution in [-0.2, 0) is 9.59 Å². The van der Waals surface area contributed by atoms with E-state index in [2.05, 4.69) is 6.92 Å². The van der Waals surface area contributed by atoms with Crippen molar-refractivity contribution in [2.24, 2.45) is 28.2 Å². The van der Waals surface area contributed by atoms with Gasteiger partial charge in [-0.2, -0.15) is 0 Å². The van der Waals surface area contributed by atoms with Crippen LogP contribution in [0.4, 0.5) is 0 Å². The molecule has 2 aliphatic rings. The average molecular weight is 283 g/mol. The summed E-state index contributed by atoms with van der Waals surface area (Å²) in [6.45, 7) is 4.82. The molecule has 0 radical (unpaired) electrons. The molecular weight excluding hydrogens is 262 g/mol. The van der Waals surface area contributed by atoms with Gasteiger partial charge >= 0.3 is 0 Å². The molecule has 2 fully saturated rings. The van der Waals surface area contributed by atoms with E-state index in [0.29, 0.717) is 38.3 Å². The third kappa shape index (κ3) is 2.12. The number of primary amides is 1. The number of rotatable bonds is 3. The molecule has 2 amide bonds. The van der Waals surface area contributed by atoms with Crippen molar-refractivity contribution in [3.05, 3.63) is 0 Å². The first-order valence-electron chi connectivity index (χ1n) is 6.60. The Morgan fingerprint density at radius 1 is 1.32 bits per heavy atom. The zero-order valence-electron chi connectivity index (χ0n) is 11.4. The van der Waals surface area contributed by atoms with Gasteiger partial charge in [0.05, 0.1) is 15.8 Å². The van der Waals surface area contributed by atoms with Crippen LogP contribution in [0.3, 0.4) is 0 Å². The highest BCUT2D eigenvalue weighted by molar-refractivity contribution is 7.80. The Morgan fingerprint density at radius 3 is 2.26 bits per heavy atom. The number of hydrogen-bond acceptors (Lipinski definition) is 3. The van der Waals surface area contributed by atoms with Gasteiger partial charge in [-0.05, 0) is 32.1 Å². The number of thiocarbonyl (C=S) groups is 1. The zero-order chi connectivity index (χ0) is 14.4. The summed E-state index contributed by atoms with van der Waals surface area (Å²) in [5, 5.41) is 0. The molecule has 1 atom stereocenters. The van der Waals surface area contributed by atoms with Crippen LogP contribution < -0.4 is 11.5 Å². The summed E-state index contributed by atoms with van der Waals surface area (Å²) in [5.41, 5.74) is 9.88. The summed E-state index contributed by atoms with van der Waals surface area (Å²) in [4.78, 5) is 26.1. The van der Waals surface area contributed by atoms with E-state index in [1.165, 1.54) is 0 Å². The minimum Gasteiger partial charge on any atom is -0.392 e. The highest BCUT2D eigenvalue weighted by atomic mass is 32.1. The van der Waals surface area contributed by atoms with E-state index in [-0.39, 0.29) is 16.8 Å². The molecule has 0 aromatic rings. The Kier molecular flexibility index (Phi) is 3.33. The van der Waals surface area contributed by atoms with Gasteiger partial charge in [-0.25, -0.2) is 0 Å². The van der Waals surface area contributed by atoms with Gasteiger partial charge in [0.1, 0.15) is 0 Å². The van der Waals surface area contributed by atoms with Crippen molar-refractivity contribution >= 4 is 29.0 Å². The van der Waals surface area contributed by atoms with E-state index in [1.54, 1.807) is 11.8 Å². The third-order valence-corrected chi connectivity index (χ3v) is 5.02. The van der Waals surface area contributed by atoms with Gasteiger partial charge in [0.2, 0.25) is 11.8 Å². The highest BCUT2D eigenvalue weighted by Crippen LogP contribution is 2.48. The van der Waals surface area contributed by atoms with Crippen molar-refractivity contribution < 1.29 is 9.59 Å². The molecule has 1 heterocycles. The molecule has 1 saturated heterocycles. The summed E-state index contributed by atoms with van der Waals surface area (Å²) in [7, 11) is 0. The zero-order valence-corrected chi connectivity index (χ0v) is 12.3. The predicted octanol–water partition coefficient (Wildman–Crippen LogP) is 0.413. The van der Waals surface area contributed by atoms with Gasteiger partial charge in [0, 0.05) is 13.1 Å². The molecule has 0 bridgehead atoms. The quantitative estimate of drug-likeness (QED) is 0.734. The maximum atomic E-state index is 12.7. The van der Waals surface area contributed by atoms with Crippen LogP contribution in [0.15, 0.2) is 0 Å². The van der Waals surface area contributed by atoms with Crippen LogP contribution in [0.25, 0.3) is 0 Å². The molecule has 1 aliphatic heterocycles. The molecule has 0 aromatic carbocycles. The van der Waals surface area contributed by atoms with Gasteiger partial charge < -0.3 is 16.4 Å². The molecule has 106 valence electrons. The number of nitrogens with zero attached hydrogens (tertiary/aromatic N) is 1. The SMILES string of the molecule is CC1CC(C(=O)N2CCC(C)(C(N)=O)C2)(C(N)=S)C1. The van der Waals surface area contributed by atoms with Crippen molar-refractivity contribution in [2.45, 2.75) is 33.1 Å². The topological polar surface area (TPSA) is 89.4 Å². The molecule has 0 aromatic heterocycles. The van der Waals surface area contributed by atoms with Crippen molar-refractivity contribution in [1.82, 2.24) is 4.90 Å². The van der Waals surface area contributed by atoms with Gasteiger partial charge in [0.25, 0.3) is 0 Å². The van der Waals surface area contributed by atoms with Crippen LogP contribution in [-0.4, -0.2) is 34.8 Å². The van der Waals surface area contributed by atoms with Crippen molar-refractivity contribution in [3.63, 3.8) is 0 Å². The van der Waals surface area contributed by atoms with E-state index in [4.69, 9.17) is 23.7 Å². The molecule has 1 aliphatic carbocycles. The smallest absolute Gasteiger partial charge is 0.235 e. The number of carbonyl (C=O) groups excluding carboxylic acids is 2. The second kappa shape index (κ2) is 4.44. The summed E-state index contributed by atoms with van der Waals surface area (Å²) in [5.74, 6) is 0.0906. The molecule has 0 spiro atoms. The first-order chi connectivity index (χ1) is 8.71. The average Bonchev–Trinajstić information content (AvgIpc) is 2.67. The first kappa shape index (κ1) is 14.2. The lowest BCUT2D eigenvalue weighted by atomic mass is 9.61. The monoisotopic (exact) mass is 283 g/mol. The van der Waals surface area contributed by atoms with E-state index >= 15 is 0 Å². The molecule has 19 heavy (non-hydrogen) atoms. The Morgan fingerprint density at radius 2 is 1.89 bits per heavy atom. The van der Waals surface area contributed by atoms with E-state index in [1.807, 2.05) is 0 Å². The molecule has 1 saturated carbocycles. The molecular formula is C13H21N3O2S. The van der Waals surface area contributed by atoms with Crippen LogP contribution in [0, 0.1) is 16.7 Å². The Balaban J connectivity index is 2.13. The van der Waals surface area contributed by atoms with E-state index < -0.39 is 10.8 Å². The molecule has 4 N–H and O–H groups in total. The van der Waals surface area contributed by atoms with Crippen LogP contribution in [0.2, 0.25) is 0 Å². The second-order valence-electron chi connectivity index (χ2n) is 6.36. The molecule has 6 heteroatoms. The van der Waals surface area contributed by atoms with E-state index in [9.17, 15) is 9.59 Å². The standard InChI is InChI=1S/C13H21N3O2S/c1-8-5-13(6-8,10(15)19)11(18)16-4-3-12(2,7-16)9(14)17/h8H,3-7H2,1-2H3,(H2,14,17)(H2,15,19). The van der Waals surface area contributed by atoms with Gasteiger partial charge in [-0.15, -0.1) is 0 Å². The normalized spacial score (nSPS) is 37.8. The fraction of sp³-hybridized carbons (Fsp3) is 0.769. The number of amides is 2. The van der Waals surface area contributed by atoms with E-state index in [0.717, 1.165) is 0 Å². The summed E-state index contributed by atoms with van der Waals surface area (Å²) in [6.07, 6.45) is 2.03.